The number of methoxy groups -OCH3 is 1. The Morgan fingerprint density at radius 2 is 2.18 bits per heavy atom. The van der Waals surface area contributed by atoms with Crippen LogP contribution in [0.3, 0.4) is 0 Å². The van der Waals surface area contributed by atoms with Gasteiger partial charge < -0.3 is 15.0 Å². The first-order valence-electron chi connectivity index (χ1n) is 9.44. The first-order valence-corrected chi connectivity index (χ1v) is 9.44. The molecule has 1 aliphatic heterocycles. The van der Waals surface area contributed by atoms with Crippen LogP contribution in [0.2, 0.25) is 0 Å². The molecule has 1 unspecified atom stereocenters. The summed E-state index contributed by atoms with van der Waals surface area (Å²) >= 11 is 0. The van der Waals surface area contributed by atoms with Crippen molar-refractivity contribution in [2.24, 2.45) is 0 Å². The number of fused-ring (bicyclic) bond motifs is 1. The molecular weight excluding hydrogens is 356 g/mol. The number of aryl methyl sites for hydroxylation is 1. The third kappa shape index (κ3) is 3.88. The summed E-state index contributed by atoms with van der Waals surface area (Å²) in [5.41, 5.74) is 2.89. The molecule has 0 aromatic carbocycles. The molecule has 4 rings (SSSR count). The van der Waals surface area contributed by atoms with Gasteiger partial charge in [-0.1, -0.05) is 0 Å². The maximum Gasteiger partial charge on any atom is 0.257 e. The SMILES string of the molecule is COCCN1CCC(c2nnc3ccc(C(=O)Nc4ccc(C)nc4)cn23)C1. The van der Waals surface area contributed by atoms with E-state index >= 15 is 0 Å². The number of carbonyl (C=O) groups excluding carboxylic acids is 1. The predicted octanol–water partition coefficient (Wildman–Crippen LogP) is 2.12. The minimum Gasteiger partial charge on any atom is -0.383 e. The Labute approximate surface area is 163 Å². The lowest BCUT2D eigenvalue weighted by Gasteiger charge is -2.14. The molecule has 1 saturated heterocycles. The summed E-state index contributed by atoms with van der Waals surface area (Å²) in [4.78, 5) is 19.2. The fourth-order valence-electron chi connectivity index (χ4n) is 3.53. The van der Waals surface area contributed by atoms with Crippen molar-refractivity contribution in [2.75, 3.05) is 38.7 Å². The normalized spacial score (nSPS) is 17.3. The van der Waals surface area contributed by atoms with E-state index in [4.69, 9.17) is 4.74 Å². The Bertz CT molecular complexity index is 968. The van der Waals surface area contributed by atoms with Gasteiger partial charge in [0, 0.05) is 38.0 Å². The highest BCUT2D eigenvalue weighted by atomic mass is 16.5. The highest BCUT2D eigenvalue weighted by Crippen LogP contribution is 2.26. The molecule has 0 saturated carbocycles. The second-order valence-electron chi connectivity index (χ2n) is 7.13. The molecule has 8 nitrogen and oxygen atoms in total. The zero-order valence-corrected chi connectivity index (χ0v) is 16.1. The van der Waals surface area contributed by atoms with Crippen molar-refractivity contribution in [1.29, 1.82) is 0 Å². The van der Waals surface area contributed by atoms with E-state index < -0.39 is 0 Å². The molecule has 28 heavy (non-hydrogen) atoms. The monoisotopic (exact) mass is 380 g/mol. The van der Waals surface area contributed by atoms with Crippen LogP contribution in [0.5, 0.6) is 0 Å². The summed E-state index contributed by atoms with van der Waals surface area (Å²) in [7, 11) is 1.72. The van der Waals surface area contributed by atoms with E-state index in [1.807, 2.05) is 35.7 Å². The molecule has 1 N–H and O–H groups in total. The van der Waals surface area contributed by atoms with Crippen molar-refractivity contribution in [3.63, 3.8) is 0 Å². The standard InChI is InChI=1S/C20H24N6O2/c1-14-3-5-17(11-21-14)22-20(27)16-4-6-18-23-24-19(26(18)13-16)15-7-8-25(12-15)9-10-28-2/h3-6,11,13,15H,7-10,12H2,1-2H3,(H,22,27). The van der Waals surface area contributed by atoms with Gasteiger partial charge in [-0.3, -0.25) is 14.2 Å². The number of nitrogens with one attached hydrogen (secondary N) is 1. The van der Waals surface area contributed by atoms with E-state index in [1.54, 1.807) is 19.4 Å². The summed E-state index contributed by atoms with van der Waals surface area (Å²) < 4.78 is 7.11. The van der Waals surface area contributed by atoms with Gasteiger partial charge in [0.05, 0.1) is 24.1 Å². The number of anilines is 1. The van der Waals surface area contributed by atoms with Gasteiger partial charge in [-0.15, -0.1) is 10.2 Å². The van der Waals surface area contributed by atoms with E-state index in [0.717, 1.165) is 49.8 Å². The first kappa shape index (κ1) is 18.5. The zero-order chi connectivity index (χ0) is 19.5. The minimum absolute atomic E-state index is 0.180. The Hall–Kier alpha value is -2.84. The molecule has 0 bridgehead atoms. The van der Waals surface area contributed by atoms with Gasteiger partial charge in [-0.2, -0.15) is 0 Å². The summed E-state index contributed by atoms with van der Waals surface area (Å²) in [6.07, 6.45) is 4.50. The van der Waals surface area contributed by atoms with Crippen LogP contribution >= 0.6 is 0 Å². The van der Waals surface area contributed by atoms with E-state index in [2.05, 4.69) is 25.4 Å². The molecule has 1 atom stereocenters. The van der Waals surface area contributed by atoms with Gasteiger partial charge in [0.15, 0.2) is 5.65 Å². The van der Waals surface area contributed by atoms with Crippen molar-refractivity contribution in [3.05, 3.63) is 53.7 Å². The number of pyridine rings is 2. The zero-order valence-electron chi connectivity index (χ0n) is 16.1. The Balaban J connectivity index is 1.53. The van der Waals surface area contributed by atoms with Crippen molar-refractivity contribution in [1.82, 2.24) is 24.5 Å². The topological polar surface area (TPSA) is 84.6 Å². The number of carbonyl (C=O) groups is 1. The fourth-order valence-corrected chi connectivity index (χ4v) is 3.53. The van der Waals surface area contributed by atoms with Crippen molar-refractivity contribution < 1.29 is 9.53 Å². The van der Waals surface area contributed by atoms with E-state index in [-0.39, 0.29) is 5.91 Å². The van der Waals surface area contributed by atoms with Crippen LogP contribution in [0, 0.1) is 6.92 Å². The van der Waals surface area contributed by atoms with E-state index in [0.29, 0.717) is 17.2 Å². The molecule has 0 radical (unpaired) electrons. The smallest absolute Gasteiger partial charge is 0.257 e. The Morgan fingerprint density at radius 3 is 2.96 bits per heavy atom. The second kappa shape index (κ2) is 8.04. The van der Waals surface area contributed by atoms with Crippen LogP contribution in [0.15, 0.2) is 36.7 Å². The van der Waals surface area contributed by atoms with Crippen LogP contribution in [0.1, 0.15) is 34.2 Å². The molecular formula is C20H24N6O2. The van der Waals surface area contributed by atoms with Crippen LogP contribution in [0.25, 0.3) is 5.65 Å². The predicted molar refractivity (Wildman–Crippen MR) is 106 cm³/mol. The largest absolute Gasteiger partial charge is 0.383 e. The molecule has 3 aromatic rings. The molecule has 0 aliphatic carbocycles. The van der Waals surface area contributed by atoms with Crippen LogP contribution in [0.4, 0.5) is 5.69 Å². The van der Waals surface area contributed by atoms with Crippen LogP contribution < -0.4 is 5.32 Å². The lowest BCUT2D eigenvalue weighted by molar-refractivity contribution is 0.102. The van der Waals surface area contributed by atoms with Gasteiger partial charge in [0.25, 0.3) is 5.91 Å². The average Bonchev–Trinajstić information content (AvgIpc) is 3.34. The number of nitrogens with zero attached hydrogens (tertiary/aromatic N) is 5. The molecule has 0 spiro atoms. The van der Waals surface area contributed by atoms with Crippen molar-refractivity contribution in [2.45, 2.75) is 19.3 Å². The van der Waals surface area contributed by atoms with E-state index in [1.165, 1.54) is 0 Å². The van der Waals surface area contributed by atoms with Gasteiger partial charge in [-0.25, -0.2) is 0 Å². The number of likely N-dealkylation sites (tertiary alicyclic amines) is 1. The van der Waals surface area contributed by atoms with Crippen LogP contribution in [-0.4, -0.2) is 63.7 Å². The minimum atomic E-state index is -0.180. The molecule has 1 fully saturated rings. The lowest BCUT2D eigenvalue weighted by atomic mass is 10.1. The molecule has 8 heteroatoms. The molecule has 1 amide bonds. The molecule has 146 valence electrons. The maximum atomic E-state index is 12.7. The van der Waals surface area contributed by atoms with Gasteiger partial charge >= 0.3 is 0 Å². The third-order valence-electron chi connectivity index (χ3n) is 5.11. The maximum absolute atomic E-state index is 12.7. The number of aromatic nitrogens is 4. The number of amides is 1. The van der Waals surface area contributed by atoms with Gasteiger partial charge in [0.2, 0.25) is 0 Å². The summed E-state index contributed by atoms with van der Waals surface area (Å²) in [6.45, 7) is 5.50. The van der Waals surface area contributed by atoms with Gasteiger partial charge in [0.1, 0.15) is 5.82 Å². The fraction of sp³-hybridized carbons (Fsp3) is 0.400. The van der Waals surface area contributed by atoms with Crippen LogP contribution in [-0.2, 0) is 4.74 Å². The number of hydrogen-bond donors (Lipinski definition) is 1. The summed E-state index contributed by atoms with van der Waals surface area (Å²) in [5, 5.41) is 11.6. The molecule has 3 aromatic heterocycles. The Kier molecular flexibility index (Phi) is 5.31. The van der Waals surface area contributed by atoms with Gasteiger partial charge in [-0.05, 0) is 44.2 Å². The van der Waals surface area contributed by atoms with Crippen molar-refractivity contribution >= 4 is 17.2 Å². The highest BCUT2D eigenvalue weighted by molar-refractivity contribution is 6.04. The number of ether oxygens (including phenoxy) is 1. The highest BCUT2D eigenvalue weighted by Gasteiger charge is 2.27. The number of hydrogen-bond acceptors (Lipinski definition) is 6. The molecule has 1 aliphatic rings. The number of rotatable bonds is 6. The Morgan fingerprint density at radius 1 is 1.29 bits per heavy atom. The third-order valence-corrected chi connectivity index (χ3v) is 5.11. The average molecular weight is 380 g/mol. The first-order chi connectivity index (χ1) is 13.6. The second-order valence-corrected chi connectivity index (χ2v) is 7.13. The summed E-state index contributed by atoms with van der Waals surface area (Å²) in [6, 6.07) is 7.31. The molecule has 4 heterocycles. The van der Waals surface area contributed by atoms with Crippen molar-refractivity contribution in [3.8, 4) is 0 Å². The van der Waals surface area contributed by atoms with E-state index in [9.17, 15) is 4.79 Å². The summed E-state index contributed by atoms with van der Waals surface area (Å²) in [5.74, 6) is 1.02. The lowest BCUT2D eigenvalue weighted by Crippen LogP contribution is -2.24. The quantitative estimate of drug-likeness (QED) is 0.705.